The van der Waals surface area contributed by atoms with Crippen molar-refractivity contribution in [2.45, 2.75) is 32.7 Å². The Morgan fingerprint density at radius 3 is 2.55 bits per heavy atom. The molecule has 0 aromatic rings. The number of rotatable bonds is 2. The summed E-state index contributed by atoms with van der Waals surface area (Å²) in [4.78, 5) is 0. The van der Waals surface area contributed by atoms with Crippen LogP contribution in [0.15, 0.2) is 23.8 Å². The predicted molar refractivity (Wildman–Crippen MR) is 49.3 cm³/mol. The van der Waals surface area contributed by atoms with Gasteiger partial charge in [0.2, 0.25) is 0 Å². The Bertz CT molecular complexity index is 177. The van der Waals surface area contributed by atoms with Gasteiger partial charge >= 0.3 is 0 Å². The van der Waals surface area contributed by atoms with E-state index in [2.05, 4.69) is 32.1 Å². The molecule has 1 atom stereocenters. The quantitative estimate of drug-likeness (QED) is 0.602. The van der Waals surface area contributed by atoms with Crippen molar-refractivity contribution in [1.82, 2.24) is 0 Å². The maximum atomic E-state index is 5.99. The second-order valence-corrected chi connectivity index (χ2v) is 3.46. The van der Waals surface area contributed by atoms with Crippen LogP contribution in [0.2, 0.25) is 0 Å². The van der Waals surface area contributed by atoms with Gasteiger partial charge < -0.3 is 5.73 Å². The molecular weight excluding hydrogens is 134 g/mol. The summed E-state index contributed by atoms with van der Waals surface area (Å²) in [5.41, 5.74) is 7.39. The SMILES string of the molecule is CC(C)[C@@H](N)C1=CCC=CC1. The van der Waals surface area contributed by atoms with Crippen LogP contribution in [0.1, 0.15) is 26.7 Å². The van der Waals surface area contributed by atoms with Gasteiger partial charge in [0, 0.05) is 6.04 Å². The summed E-state index contributed by atoms with van der Waals surface area (Å²) in [6.45, 7) is 4.34. The molecule has 0 unspecified atom stereocenters. The van der Waals surface area contributed by atoms with Crippen molar-refractivity contribution in [3.8, 4) is 0 Å². The zero-order chi connectivity index (χ0) is 8.27. The molecule has 1 nitrogen and oxygen atoms in total. The highest BCUT2D eigenvalue weighted by atomic mass is 14.6. The Kier molecular flexibility index (Phi) is 2.89. The topological polar surface area (TPSA) is 26.0 Å². The molecule has 0 radical (unpaired) electrons. The highest BCUT2D eigenvalue weighted by Gasteiger charge is 2.12. The standard InChI is InChI=1S/C10H17N/c1-8(2)10(11)9-6-4-3-5-7-9/h3-4,7-8,10H,5-6,11H2,1-2H3/t10-/m1/s1. The van der Waals surface area contributed by atoms with Crippen LogP contribution in [0.25, 0.3) is 0 Å². The van der Waals surface area contributed by atoms with E-state index in [0.29, 0.717) is 5.92 Å². The van der Waals surface area contributed by atoms with E-state index in [-0.39, 0.29) is 6.04 Å². The van der Waals surface area contributed by atoms with Gasteiger partial charge in [-0.3, -0.25) is 0 Å². The van der Waals surface area contributed by atoms with Crippen LogP contribution in [0.4, 0.5) is 0 Å². The van der Waals surface area contributed by atoms with Crippen LogP contribution in [0.3, 0.4) is 0 Å². The molecule has 62 valence electrons. The summed E-state index contributed by atoms with van der Waals surface area (Å²) in [5.74, 6) is 0.563. The number of hydrogen-bond acceptors (Lipinski definition) is 1. The van der Waals surface area contributed by atoms with Crippen molar-refractivity contribution in [3.05, 3.63) is 23.8 Å². The fourth-order valence-electron chi connectivity index (χ4n) is 1.32. The molecule has 0 aromatic heterocycles. The van der Waals surface area contributed by atoms with Crippen LogP contribution in [-0.2, 0) is 0 Å². The molecule has 1 rings (SSSR count). The Balaban J connectivity index is 2.53. The van der Waals surface area contributed by atoms with Crippen molar-refractivity contribution in [2.75, 3.05) is 0 Å². The third-order valence-electron chi connectivity index (χ3n) is 2.18. The molecule has 1 aliphatic carbocycles. The van der Waals surface area contributed by atoms with Crippen LogP contribution in [-0.4, -0.2) is 6.04 Å². The third-order valence-corrected chi connectivity index (χ3v) is 2.18. The first kappa shape index (κ1) is 8.54. The average molecular weight is 151 g/mol. The van der Waals surface area contributed by atoms with E-state index in [9.17, 15) is 0 Å². The number of hydrogen-bond donors (Lipinski definition) is 1. The van der Waals surface area contributed by atoms with E-state index < -0.39 is 0 Å². The van der Waals surface area contributed by atoms with Crippen molar-refractivity contribution < 1.29 is 0 Å². The highest BCUT2D eigenvalue weighted by Crippen LogP contribution is 2.17. The summed E-state index contributed by atoms with van der Waals surface area (Å²) in [7, 11) is 0. The smallest absolute Gasteiger partial charge is 0.0280 e. The Labute approximate surface area is 69.0 Å². The predicted octanol–water partition coefficient (Wildman–Crippen LogP) is 2.25. The van der Waals surface area contributed by atoms with Crippen molar-refractivity contribution in [3.63, 3.8) is 0 Å². The molecule has 1 heteroatoms. The summed E-state index contributed by atoms with van der Waals surface area (Å²) in [6, 6.07) is 0.264. The summed E-state index contributed by atoms with van der Waals surface area (Å²) in [5, 5.41) is 0. The zero-order valence-corrected chi connectivity index (χ0v) is 7.38. The first-order valence-electron chi connectivity index (χ1n) is 4.31. The summed E-state index contributed by atoms with van der Waals surface area (Å²) in [6.07, 6.45) is 8.77. The minimum absolute atomic E-state index is 0.264. The largest absolute Gasteiger partial charge is 0.324 e. The molecule has 0 saturated carbocycles. The average Bonchev–Trinajstić information content (AvgIpc) is 2.05. The Hall–Kier alpha value is -0.560. The fraction of sp³-hybridized carbons (Fsp3) is 0.600. The minimum atomic E-state index is 0.264. The molecule has 0 saturated heterocycles. The molecular formula is C10H17N. The van der Waals surface area contributed by atoms with Gasteiger partial charge in [0.25, 0.3) is 0 Å². The first-order valence-corrected chi connectivity index (χ1v) is 4.31. The van der Waals surface area contributed by atoms with Crippen LogP contribution >= 0.6 is 0 Å². The van der Waals surface area contributed by atoms with Crippen molar-refractivity contribution in [1.29, 1.82) is 0 Å². The van der Waals surface area contributed by atoms with Crippen LogP contribution in [0.5, 0.6) is 0 Å². The normalized spacial score (nSPS) is 20.2. The molecule has 11 heavy (non-hydrogen) atoms. The highest BCUT2D eigenvalue weighted by molar-refractivity contribution is 5.20. The molecule has 0 aliphatic heterocycles. The van der Waals surface area contributed by atoms with Gasteiger partial charge in [-0.25, -0.2) is 0 Å². The molecule has 0 aromatic carbocycles. The summed E-state index contributed by atoms with van der Waals surface area (Å²) >= 11 is 0. The maximum absolute atomic E-state index is 5.99. The monoisotopic (exact) mass is 151 g/mol. The van der Waals surface area contributed by atoms with Gasteiger partial charge in [-0.05, 0) is 18.8 Å². The molecule has 2 N–H and O–H groups in total. The van der Waals surface area contributed by atoms with Crippen LogP contribution < -0.4 is 5.73 Å². The minimum Gasteiger partial charge on any atom is -0.324 e. The lowest BCUT2D eigenvalue weighted by atomic mass is 9.92. The summed E-state index contributed by atoms with van der Waals surface area (Å²) < 4.78 is 0. The van der Waals surface area contributed by atoms with Crippen molar-refractivity contribution in [2.24, 2.45) is 11.7 Å². The third kappa shape index (κ3) is 2.19. The Morgan fingerprint density at radius 2 is 2.09 bits per heavy atom. The maximum Gasteiger partial charge on any atom is 0.0280 e. The van der Waals surface area contributed by atoms with E-state index >= 15 is 0 Å². The molecule has 0 fully saturated rings. The lowest BCUT2D eigenvalue weighted by molar-refractivity contribution is 0.539. The lowest BCUT2D eigenvalue weighted by Gasteiger charge is -2.20. The fourth-order valence-corrected chi connectivity index (χ4v) is 1.32. The molecule has 0 amide bonds. The second-order valence-electron chi connectivity index (χ2n) is 3.46. The van der Waals surface area contributed by atoms with Gasteiger partial charge in [0.05, 0.1) is 0 Å². The van der Waals surface area contributed by atoms with E-state index in [1.165, 1.54) is 5.57 Å². The molecule has 1 aliphatic rings. The zero-order valence-electron chi connectivity index (χ0n) is 7.38. The molecule has 0 bridgehead atoms. The second kappa shape index (κ2) is 3.72. The van der Waals surface area contributed by atoms with Gasteiger partial charge in [0.15, 0.2) is 0 Å². The van der Waals surface area contributed by atoms with Gasteiger partial charge in [-0.15, -0.1) is 0 Å². The molecule has 0 heterocycles. The van der Waals surface area contributed by atoms with Crippen molar-refractivity contribution >= 4 is 0 Å². The van der Waals surface area contributed by atoms with Crippen LogP contribution in [0, 0.1) is 5.92 Å². The van der Waals surface area contributed by atoms with E-state index in [0.717, 1.165) is 12.8 Å². The first-order chi connectivity index (χ1) is 5.22. The lowest BCUT2D eigenvalue weighted by Crippen LogP contribution is -2.28. The van der Waals surface area contributed by atoms with E-state index in [4.69, 9.17) is 5.73 Å². The van der Waals surface area contributed by atoms with Gasteiger partial charge in [-0.2, -0.15) is 0 Å². The Morgan fingerprint density at radius 1 is 1.36 bits per heavy atom. The van der Waals surface area contributed by atoms with Gasteiger partial charge in [0.1, 0.15) is 0 Å². The number of nitrogens with two attached hydrogens (primary N) is 1. The molecule has 0 spiro atoms. The van der Waals surface area contributed by atoms with E-state index in [1.807, 2.05) is 0 Å². The van der Waals surface area contributed by atoms with Gasteiger partial charge in [-0.1, -0.05) is 37.6 Å². The van der Waals surface area contributed by atoms with E-state index in [1.54, 1.807) is 0 Å². The number of allylic oxidation sites excluding steroid dienone is 3.